The van der Waals surface area contributed by atoms with Crippen LogP contribution in [0.15, 0.2) is 84.9 Å². The fraction of sp³-hybridized carbons (Fsp3) is 0.0870. The Morgan fingerprint density at radius 2 is 1.27 bits per heavy atom. The summed E-state index contributed by atoms with van der Waals surface area (Å²) in [7, 11) is 0. The number of rotatable bonds is 6. The van der Waals surface area contributed by atoms with E-state index < -0.39 is 23.7 Å². The molecule has 0 heterocycles. The SMILES string of the molecule is O=C(CC(NC(=O)c1ccccc1)c1ccccc1)NNC(=O)c1ccc(F)cc1. The molecule has 152 valence electrons. The second-order valence-electron chi connectivity index (χ2n) is 6.52. The van der Waals surface area contributed by atoms with Crippen molar-refractivity contribution in [1.82, 2.24) is 16.2 Å². The van der Waals surface area contributed by atoms with Gasteiger partial charge in [0.2, 0.25) is 5.91 Å². The van der Waals surface area contributed by atoms with Crippen LogP contribution in [0.4, 0.5) is 4.39 Å². The molecule has 0 bridgehead atoms. The Morgan fingerprint density at radius 3 is 1.90 bits per heavy atom. The first-order valence-electron chi connectivity index (χ1n) is 9.28. The highest BCUT2D eigenvalue weighted by atomic mass is 19.1. The lowest BCUT2D eigenvalue weighted by Gasteiger charge is -2.19. The van der Waals surface area contributed by atoms with Gasteiger partial charge in [-0.15, -0.1) is 0 Å². The highest BCUT2D eigenvalue weighted by Crippen LogP contribution is 2.17. The van der Waals surface area contributed by atoms with Crippen LogP contribution in [0.1, 0.15) is 38.7 Å². The summed E-state index contributed by atoms with van der Waals surface area (Å²) in [5, 5.41) is 2.85. The van der Waals surface area contributed by atoms with Gasteiger partial charge in [-0.05, 0) is 42.0 Å². The molecule has 1 unspecified atom stereocenters. The summed E-state index contributed by atoms with van der Waals surface area (Å²) in [6.07, 6.45) is -0.0910. The Kier molecular flexibility index (Phi) is 6.89. The van der Waals surface area contributed by atoms with Gasteiger partial charge in [0.1, 0.15) is 5.82 Å². The molecule has 3 aromatic rings. The van der Waals surface area contributed by atoms with Crippen LogP contribution >= 0.6 is 0 Å². The van der Waals surface area contributed by atoms with Crippen molar-refractivity contribution in [3.8, 4) is 0 Å². The molecule has 0 aliphatic carbocycles. The summed E-state index contributed by atoms with van der Waals surface area (Å²) in [4.78, 5) is 37.0. The molecule has 0 aromatic heterocycles. The molecule has 6 nitrogen and oxygen atoms in total. The smallest absolute Gasteiger partial charge is 0.269 e. The van der Waals surface area contributed by atoms with Gasteiger partial charge in [-0.3, -0.25) is 25.2 Å². The van der Waals surface area contributed by atoms with Crippen molar-refractivity contribution < 1.29 is 18.8 Å². The standard InChI is InChI=1S/C23H20FN3O3/c24-19-13-11-18(12-14-19)23(30)27-26-21(28)15-20(16-7-3-1-4-8-16)25-22(29)17-9-5-2-6-10-17/h1-14,20H,15H2,(H,25,29)(H,26,28)(H,27,30). The van der Waals surface area contributed by atoms with Crippen LogP contribution in [0.3, 0.4) is 0 Å². The number of carbonyl (C=O) groups is 3. The van der Waals surface area contributed by atoms with Gasteiger partial charge < -0.3 is 5.32 Å². The highest BCUT2D eigenvalue weighted by Gasteiger charge is 2.19. The van der Waals surface area contributed by atoms with E-state index in [1.54, 1.807) is 36.4 Å². The minimum absolute atomic E-state index is 0.0910. The quantitative estimate of drug-likeness (QED) is 0.551. The molecule has 0 aliphatic rings. The van der Waals surface area contributed by atoms with Gasteiger partial charge in [0.05, 0.1) is 12.5 Å². The number of benzene rings is 3. The van der Waals surface area contributed by atoms with Crippen LogP contribution in [0.25, 0.3) is 0 Å². The van der Waals surface area contributed by atoms with E-state index in [2.05, 4.69) is 16.2 Å². The van der Waals surface area contributed by atoms with Crippen molar-refractivity contribution in [2.45, 2.75) is 12.5 Å². The van der Waals surface area contributed by atoms with Gasteiger partial charge in [0.15, 0.2) is 0 Å². The summed E-state index contributed by atoms with van der Waals surface area (Å²) in [6.45, 7) is 0. The predicted molar refractivity (Wildman–Crippen MR) is 110 cm³/mol. The second kappa shape index (κ2) is 9.97. The maximum absolute atomic E-state index is 13.0. The van der Waals surface area contributed by atoms with Crippen LogP contribution in [-0.2, 0) is 4.79 Å². The Hall–Kier alpha value is -4.00. The first-order valence-corrected chi connectivity index (χ1v) is 9.28. The largest absolute Gasteiger partial charge is 0.345 e. The molecule has 30 heavy (non-hydrogen) atoms. The maximum Gasteiger partial charge on any atom is 0.269 e. The second-order valence-corrected chi connectivity index (χ2v) is 6.52. The fourth-order valence-corrected chi connectivity index (χ4v) is 2.81. The zero-order valence-corrected chi connectivity index (χ0v) is 16.0. The van der Waals surface area contributed by atoms with E-state index in [9.17, 15) is 18.8 Å². The molecule has 0 spiro atoms. The fourth-order valence-electron chi connectivity index (χ4n) is 2.81. The minimum atomic E-state index is -0.596. The normalized spacial score (nSPS) is 11.2. The number of carbonyl (C=O) groups excluding carboxylic acids is 3. The number of halogens is 1. The molecule has 0 radical (unpaired) electrons. The molecule has 0 fully saturated rings. The Morgan fingerprint density at radius 1 is 0.700 bits per heavy atom. The van der Waals surface area contributed by atoms with Gasteiger partial charge in [0.25, 0.3) is 11.8 Å². The predicted octanol–water partition coefficient (Wildman–Crippen LogP) is 3.15. The summed E-state index contributed by atoms with van der Waals surface area (Å²) < 4.78 is 13.0. The molecule has 0 saturated heterocycles. The van der Waals surface area contributed by atoms with Gasteiger partial charge >= 0.3 is 0 Å². The van der Waals surface area contributed by atoms with Crippen LogP contribution in [0.5, 0.6) is 0 Å². The van der Waals surface area contributed by atoms with Gasteiger partial charge in [-0.2, -0.15) is 0 Å². The third-order valence-electron chi connectivity index (χ3n) is 4.35. The van der Waals surface area contributed by atoms with Crippen molar-refractivity contribution in [2.75, 3.05) is 0 Å². The molecule has 3 aromatic carbocycles. The summed E-state index contributed by atoms with van der Waals surface area (Å²) in [5.41, 5.74) is 6.04. The first-order chi connectivity index (χ1) is 14.5. The van der Waals surface area contributed by atoms with Crippen LogP contribution in [0.2, 0.25) is 0 Å². The van der Waals surface area contributed by atoms with E-state index in [4.69, 9.17) is 0 Å². The Labute approximate surface area is 173 Å². The summed E-state index contributed by atoms with van der Waals surface area (Å²) in [6, 6.07) is 22.1. The number of amides is 3. The van der Waals surface area contributed by atoms with E-state index in [0.717, 1.165) is 17.7 Å². The minimum Gasteiger partial charge on any atom is -0.345 e. The van der Waals surface area contributed by atoms with Gasteiger partial charge in [0, 0.05) is 11.1 Å². The molecule has 3 N–H and O–H groups in total. The van der Waals surface area contributed by atoms with Gasteiger partial charge in [-0.1, -0.05) is 48.5 Å². The van der Waals surface area contributed by atoms with Crippen LogP contribution < -0.4 is 16.2 Å². The van der Waals surface area contributed by atoms with E-state index in [1.807, 2.05) is 24.3 Å². The third kappa shape index (κ3) is 5.75. The average molecular weight is 405 g/mol. The van der Waals surface area contributed by atoms with E-state index in [-0.39, 0.29) is 17.9 Å². The van der Waals surface area contributed by atoms with E-state index in [1.165, 1.54) is 12.1 Å². The molecular weight excluding hydrogens is 385 g/mol. The topological polar surface area (TPSA) is 87.3 Å². The maximum atomic E-state index is 13.0. The zero-order valence-electron chi connectivity index (χ0n) is 16.0. The molecule has 7 heteroatoms. The lowest BCUT2D eigenvalue weighted by Crippen LogP contribution is -2.43. The van der Waals surface area contributed by atoms with Crippen molar-refractivity contribution in [3.05, 3.63) is 107 Å². The number of hydrazine groups is 1. The zero-order chi connectivity index (χ0) is 21.3. The van der Waals surface area contributed by atoms with Crippen molar-refractivity contribution in [3.63, 3.8) is 0 Å². The van der Waals surface area contributed by atoms with E-state index >= 15 is 0 Å². The molecule has 0 saturated carbocycles. The molecule has 3 amide bonds. The highest BCUT2D eigenvalue weighted by molar-refractivity contribution is 5.96. The number of hydrogen-bond donors (Lipinski definition) is 3. The lowest BCUT2D eigenvalue weighted by atomic mass is 10.0. The first kappa shape index (κ1) is 20.7. The molecule has 1 atom stereocenters. The molecule has 3 rings (SSSR count). The summed E-state index contributed by atoms with van der Waals surface area (Å²) in [5.74, 6) is -1.84. The Bertz CT molecular complexity index is 1010. The Balaban J connectivity index is 1.63. The third-order valence-corrected chi connectivity index (χ3v) is 4.35. The van der Waals surface area contributed by atoms with Gasteiger partial charge in [-0.25, -0.2) is 4.39 Å². The van der Waals surface area contributed by atoms with Crippen molar-refractivity contribution in [2.24, 2.45) is 0 Å². The summed E-state index contributed by atoms with van der Waals surface area (Å²) >= 11 is 0. The number of nitrogens with one attached hydrogen (secondary N) is 3. The monoisotopic (exact) mass is 405 g/mol. The van der Waals surface area contributed by atoms with Crippen molar-refractivity contribution in [1.29, 1.82) is 0 Å². The van der Waals surface area contributed by atoms with E-state index in [0.29, 0.717) is 5.56 Å². The van der Waals surface area contributed by atoms with Crippen LogP contribution in [-0.4, -0.2) is 17.7 Å². The molecular formula is C23H20FN3O3. The lowest BCUT2D eigenvalue weighted by molar-refractivity contribution is -0.122. The van der Waals surface area contributed by atoms with Crippen LogP contribution in [0, 0.1) is 5.82 Å². The number of hydrogen-bond acceptors (Lipinski definition) is 3. The van der Waals surface area contributed by atoms with Crippen molar-refractivity contribution >= 4 is 17.7 Å². The molecule has 0 aliphatic heterocycles. The average Bonchev–Trinajstić information content (AvgIpc) is 2.78.